The molecule has 0 spiro atoms. The van der Waals surface area contributed by atoms with E-state index in [-0.39, 0.29) is 0 Å². The van der Waals surface area contributed by atoms with Gasteiger partial charge in [-0.1, -0.05) is 13.3 Å². The molecule has 0 saturated carbocycles. The second-order valence-electron chi connectivity index (χ2n) is 4.50. The van der Waals surface area contributed by atoms with Gasteiger partial charge in [0.25, 0.3) is 0 Å². The molecule has 2 rings (SSSR count). The summed E-state index contributed by atoms with van der Waals surface area (Å²) in [6, 6.07) is 0. The minimum Gasteiger partial charge on any atom is -0.355 e. The van der Waals surface area contributed by atoms with Gasteiger partial charge < -0.3 is 9.88 Å². The van der Waals surface area contributed by atoms with Crippen molar-refractivity contribution in [3.8, 4) is 0 Å². The van der Waals surface area contributed by atoms with Gasteiger partial charge in [0, 0.05) is 38.7 Å². The van der Waals surface area contributed by atoms with Gasteiger partial charge in [-0.05, 0) is 18.4 Å². The van der Waals surface area contributed by atoms with E-state index in [2.05, 4.69) is 26.9 Å². The van der Waals surface area contributed by atoms with Crippen molar-refractivity contribution < 1.29 is 0 Å². The Morgan fingerprint density at radius 2 is 2.28 bits per heavy atom. The van der Waals surface area contributed by atoms with Crippen LogP contribution in [-0.4, -0.2) is 25.9 Å². The molecule has 0 aromatic carbocycles. The van der Waals surface area contributed by atoms with Crippen LogP contribution < -0.4 is 5.32 Å². The summed E-state index contributed by atoms with van der Waals surface area (Å²) < 4.78 is 4.00. The van der Waals surface area contributed by atoms with Crippen molar-refractivity contribution in [2.24, 2.45) is 7.05 Å². The standard InChI is InChI=1S/C13H21N5/c1-3-4-8-18-9-7-15-13(18)14-6-5-12-10-16-17(2)11-12/h7,9-11H,3-6,8H2,1-2H3,(H,14,15). The van der Waals surface area contributed by atoms with E-state index >= 15 is 0 Å². The molecule has 0 aliphatic carbocycles. The molecule has 0 fully saturated rings. The van der Waals surface area contributed by atoms with Crippen LogP contribution in [0.5, 0.6) is 0 Å². The summed E-state index contributed by atoms with van der Waals surface area (Å²) in [5.74, 6) is 0.965. The average molecular weight is 247 g/mol. The van der Waals surface area contributed by atoms with Crippen molar-refractivity contribution in [2.75, 3.05) is 11.9 Å². The van der Waals surface area contributed by atoms with E-state index in [0.717, 1.165) is 25.5 Å². The Hall–Kier alpha value is -1.78. The SMILES string of the molecule is CCCCn1ccnc1NCCc1cnn(C)c1. The van der Waals surface area contributed by atoms with Crippen molar-refractivity contribution >= 4 is 5.95 Å². The van der Waals surface area contributed by atoms with Gasteiger partial charge in [-0.15, -0.1) is 0 Å². The first kappa shape index (κ1) is 12.7. The first-order chi connectivity index (χ1) is 8.79. The maximum Gasteiger partial charge on any atom is 0.202 e. The smallest absolute Gasteiger partial charge is 0.202 e. The van der Waals surface area contributed by atoms with Crippen LogP contribution in [0.3, 0.4) is 0 Å². The highest BCUT2D eigenvalue weighted by molar-refractivity contribution is 5.26. The molecular weight excluding hydrogens is 226 g/mol. The van der Waals surface area contributed by atoms with E-state index in [1.165, 1.54) is 18.4 Å². The van der Waals surface area contributed by atoms with E-state index in [1.54, 1.807) is 0 Å². The number of unbranched alkanes of at least 4 members (excludes halogenated alkanes) is 1. The zero-order chi connectivity index (χ0) is 12.8. The van der Waals surface area contributed by atoms with Gasteiger partial charge in [-0.3, -0.25) is 4.68 Å². The van der Waals surface area contributed by atoms with E-state index < -0.39 is 0 Å². The Labute approximate surface area is 108 Å². The summed E-state index contributed by atoms with van der Waals surface area (Å²) >= 11 is 0. The van der Waals surface area contributed by atoms with Crippen LogP contribution >= 0.6 is 0 Å². The number of aryl methyl sites for hydroxylation is 2. The highest BCUT2D eigenvalue weighted by Crippen LogP contribution is 2.07. The topological polar surface area (TPSA) is 47.7 Å². The molecule has 0 atom stereocenters. The molecule has 0 unspecified atom stereocenters. The fraction of sp³-hybridized carbons (Fsp3) is 0.538. The Morgan fingerprint density at radius 1 is 1.39 bits per heavy atom. The molecule has 2 aromatic rings. The normalized spacial score (nSPS) is 10.8. The number of nitrogens with one attached hydrogen (secondary N) is 1. The Kier molecular flexibility index (Phi) is 4.39. The fourth-order valence-corrected chi connectivity index (χ4v) is 1.90. The number of hydrogen-bond acceptors (Lipinski definition) is 3. The third-order valence-corrected chi connectivity index (χ3v) is 2.92. The van der Waals surface area contributed by atoms with Crippen molar-refractivity contribution in [1.29, 1.82) is 0 Å². The lowest BCUT2D eigenvalue weighted by molar-refractivity contribution is 0.635. The number of aromatic nitrogens is 4. The summed E-state index contributed by atoms with van der Waals surface area (Å²) in [5, 5.41) is 7.53. The molecule has 0 aliphatic heterocycles. The van der Waals surface area contributed by atoms with Gasteiger partial charge >= 0.3 is 0 Å². The third-order valence-electron chi connectivity index (χ3n) is 2.92. The Bertz CT molecular complexity index is 471. The molecular formula is C13H21N5. The van der Waals surface area contributed by atoms with Gasteiger partial charge in [-0.25, -0.2) is 4.98 Å². The van der Waals surface area contributed by atoms with Crippen LogP contribution in [0.1, 0.15) is 25.3 Å². The molecule has 2 aromatic heterocycles. The first-order valence-corrected chi connectivity index (χ1v) is 6.52. The minimum absolute atomic E-state index is 0.884. The summed E-state index contributed by atoms with van der Waals surface area (Å²) in [5.41, 5.74) is 1.25. The molecule has 1 N–H and O–H groups in total. The number of hydrogen-bond donors (Lipinski definition) is 1. The van der Waals surface area contributed by atoms with Gasteiger partial charge in [0.1, 0.15) is 0 Å². The van der Waals surface area contributed by atoms with E-state index in [4.69, 9.17) is 0 Å². The molecule has 18 heavy (non-hydrogen) atoms. The molecule has 0 amide bonds. The van der Waals surface area contributed by atoms with E-state index in [9.17, 15) is 0 Å². The lowest BCUT2D eigenvalue weighted by Crippen LogP contribution is -2.10. The van der Waals surface area contributed by atoms with Crippen LogP contribution in [-0.2, 0) is 20.0 Å². The minimum atomic E-state index is 0.884. The van der Waals surface area contributed by atoms with Crippen LogP contribution in [0.15, 0.2) is 24.8 Å². The molecule has 0 radical (unpaired) electrons. The highest BCUT2D eigenvalue weighted by Gasteiger charge is 2.02. The number of rotatable bonds is 7. The van der Waals surface area contributed by atoms with Gasteiger partial charge in [0.15, 0.2) is 0 Å². The fourth-order valence-electron chi connectivity index (χ4n) is 1.90. The van der Waals surface area contributed by atoms with E-state index in [0.29, 0.717) is 0 Å². The molecule has 0 bridgehead atoms. The molecule has 2 heterocycles. The summed E-state index contributed by atoms with van der Waals surface area (Å²) in [4.78, 5) is 4.34. The van der Waals surface area contributed by atoms with Crippen LogP contribution in [0, 0.1) is 0 Å². The molecule has 5 nitrogen and oxygen atoms in total. The number of nitrogens with zero attached hydrogens (tertiary/aromatic N) is 4. The second-order valence-corrected chi connectivity index (χ2v) is 4.50. The predicted octanol–water partition coefficient (Wildman–Crippen LogP) is 2.07. The molecule has 0 saturated heterocycles. The zero-order valence-corrected chi connectivity index (χ0v) is 11.1. The van der Waals surface area contributed by atoms with E-state index in [1.807, 2.05) is 36.5 Å². The van der Waals surface area contributed by atoms with Gasteiger partial charge in [0.05, 0.1) is 6.20 Å². The zero-order valence-electron chi connectivity index (χ0n) is 11.1. The summed E-state index contributed by atoms with van der Waals surface area (Å²) in [6.45, 7) is 4.12. The maximum absolute atomic E-state index is 4.34. The largest absolute Gasteiger partial charge is 0.355 e. The first-order valence-electron chi connectivity index (χ1n) is 6.52. The van der Waals surface area contributed by atoms with Crippen LogP contribution in [0.25, 0.3) is 0 Å². The average Bonchev–Trinajstić information content (AvgIpc) is 2.96. The summed E-state index contributed by atoms with van der Waals surface area (Å²) in [7, 11) is 1.94. The molecule has 98 valence electrons. The van der Waals surface area contributed by atoms with Crippen LogP contribution in [0.2, 0.25) is 0 Å². The number of anilines is 1. The van der Waals surface area contributed by atoms with Crippen molar-refractivity contribution in [2.45, 2.75) is 32.7 Å². The third kappa shape index (κ3) is 3.35. The lowest BCUT2D eigenvalue weighted by atomic mass is 10.2. The second kappa shape index (κ2) is 6.23. The Balaban J connectivity index is 1.81. The maximum atomic E-state index is 4.34. The lowest BCUT2D eigenvalue weighted by Gasteiger charge is -2.08. The van der Waals surface area contributed by atoms with Gasteiger partial charge in [-0.2, -0.15) is 5.10 Å². The monoisotopic (exact) mass is 247 g/mol. The van der Waals surface area contributed by atoms with Crippen LogP contribution in [0.4, 0.5) is 5.95 Å². The quantitative estimate of drug-likeness (QED) is 0.814. The highest BCUT2D eigenvalue weighted by atomic mass is 15.2. The Morgan fingerprint density at radius 3 is 3.00 bits per heavy atom. The summed E-state index contributed by atoms with van der Waals surface area (Å²) in [6.07, 6.45) is 11.2. The van der Waals surface area contributed by atoms with Crippen molar-refractivity contribution in [1.82, 2.24) is 19.3 Å². The van der Waals surface area contributed by atoms with Crippen molar-refractivity contribution in [3.63, 3.8) is 0 Å². The molecule has 5 heteroatoms. The van der Waals surface area contributed by atoms with Gasteiger partial charge in [0.2, 0.25) is 5.95 Å². The predicted molar refractivity (Wildman–Crippen MR) is 72.5 cm³/mol. The number of imidazole rings is 1. The van der Waals surface area contributed by atoms with Crippen molar-refractivity contribution in [3.05, 3.63) is 30.4 Å². The molecule has 0 aliphatic rings.